The lowest BCUT2D eigenvalue weighted by molar-refractivity contribution is -0.00771. The molecule has 1 aromatic heterocycles. The fourth-order valence-electron chi connectivity index (χ4n) is 2.52. The van der Waals surface area contributed by atoms with Crippen LogP contribution in [0.15, 0.2) is 11.0 Å². The van der Waals surface area contributed by atoms with Gasteiger partial charge < -0.3 is 10.1 Å². The minimum Gasteiger partial charge on any atom is -0.378 e. The normalized spacial score (nSPS) is 19.8. The van der Waals surface area contributed by atoms with Gasteiger partial charge in [-0.05, 0) is 33.4 Å². The third-order valence-electron chi connectivity index (χ3n) is 3.61. The van der Waals surface area contributed by atoms with Crippen molar-refractivity contribution in [2.24, 2.45) is 0 Å². The molecule has 5 nitrogen and oxygen atoms in total. The molecule has 0 aliphatic carbocycles. The maximum Gasteiger partial charge on any atom is 0.244 e. The lowest BCUT2D eigenvalue weighted by Gasteiger charge is -2.40. The Balaban J connectivity index is 2.33. The van der Waals surface area contributed by atoms with Crippen molar-refractivity contribution in [2.75, 3.05) is 26.3 Å². The molecule has 1 N–H and O–H groups in total. The average molecular weight is 332 g/mol. The van der Waals surface area contributed by atoms with Gasteiger partial charge in [-0.15, -0.1) is 11.3 Å². The van der Waals surface area contributed by atoms with E-state index < -0.39 is 15.6 Å². The van der Waals surface area contributed by atoms with Gasteiger partial charge in [0.25, 0.3) is 0 Å². The SMILES string of the molecule is CCNCc1cc(S(=O)(=O)N2CCOCC2(C)C)c(C)s1. The van der Waals surface area contributed by atoms with Crippen LogP contribution in [0, 0.1) is 6.92 Å². The molecule has 1 aliphatic rings. The lowest BCUT2D eigenvalue weighted by Crippen LogP contribution is -2.55. The van der Waals surface area contributed by atoms with Crippen LogP contribution in [0.2, 0.25) is 0 Å². The molecule has 2 heterocycles. The zero-order valence-corrected chi connectivity index (χ0v) is 14.7. The van der Waals surface area contributed by atoms with E-state index in [1.807, 2.05) is 33.8 Å². The Kier molecular flexibility index (Phi) is 5.10. The van der Waals surface area contributed by atoms with Crippen molar-refractivity contribution in [3.63, 3.8) is 0 Å². The third kappa shape index (κ3) is 3.48. The number of hydrogen-bond acceptors (Lipinski definition) is 5. The van der Waals surface area contributed by atoms with Crippen molar-refractivity contribution in [3.05, 3.63) is 15.8 Å². The summed E-state index contributed by atoms with van der Waals surface area (Å²) in [5, 5.41) is 3.23. The number of nitrogens with zero attached hydrogens (tertiary/aromatic N) is 1. The Morgan fingerprint density at radius 1 is 1.48 bits per heavy atom. The van der Waals surface area contributed by atoms with Crippen molar-refractivity contribution in [1.29, 1.82) is 0 Å². The van der Waals surface area contributed by atoms with Crippen molar-refractivity contribution < 1.29 is 13.2 Å². The molecule has 1 aromatic rings. The summed E-state index contributed by atoms with van der Waals surface area (Å²) < 4.78 is 32.9. The van der Waals surface area contributed by atoms with Gasteiger partial charge in [0.2, 0.25) is 10.0 Å². The molecule has 2 rings (SSSR count). The summed E-state index contributed by atoms with van der Waals surface area (Å²) in [6.45, 7) is 10.6. The van der Waals surface area contributed by atoms with E-state index in [0.717, 1.165) is 16.3 Å². The topological polar surface area (TPSA) is 58.6 Å². The van der Waals surface area contributed by atoms with Gasteiger partial charge in [0.1, 0.15) is 0 Å². The van der Waals surface area contributed by atoms with E-state index in [2.05, 4.69) is 5.32 Å². The molecule has 0 aromatic carbocycles. The molecule has 0 atom stereocenters. The molecule has 0 unspecified atom stereocenters. The third-order valence-corrected chi connectivity index (χ3v) is 7.03. The first-order chi connectivity index (χ1) is 9.79. The molecule has 1 fully saturated rings. The first-order valence-corrected chi connectivity index (χ1v) is 9.45. The van der Waals surface area contributed by atoms with Crippen molar-refractivity contribution in [3.8, 4) is 0 Å². The summed E-state index contributed by atoms with van der Waals surface area (Å²) in [6, 6.07) is 1.81. The number of ether oxygens (including phenoxy) is 1. The Morgan fingerprint density at radius 3 is 2.81 bits per heavy atom. The number of sulfonamides is 1. The van der Waals surface area contributed by atoms with Crippen LogP contribution < -0.4 is 5.32 Å². The molecule has 1 saturated heterocycles. The molecular weight excluding hydrogens is 308 g/mol. The van der Waals surface area contributed by atoms with E-state index in [9.17, 15) is 8.42 Å². The van der Waals surface area contributed by atoms with E-state index >= 15 is 0 Å². The second-order valence-electron chi connectivity index (χ2n) is 5.86. The fourth-order valence-corrected chi connectivity index (χ4v) is 5.85. The zero-order chi connectivity index (χ0) is 15.7. The van der Waals surface area contributed by atoms with Crippen LogP contribution >= 0.6 is 11.3 Å². The second kappa shape index (κ2) is 6.34. The predicted molar refractivity (Wildman–Crippen MR) is 85.2 cm³/mol. The van der Waals surface area contributed by atoms with Crippen molar-refractivity contribution in [1.82, 2.24) is 9.62 Å². The monoisotopic (exact) mass is 332 g/mol. The highest BCUT2D eigenvalue weighted by Crippen LogP contribution is 2.32. The van der Waals surface area contributed by atoms with E-state index in [4.69, 9.17) is 4.74 Å². The maximum atomic E-state index is 13.0. The fraction of sp³-hybridized carbons (Fsp3) is 0.714. The number of thiophene rings is 1. The molecule has 0 spiro atoms. The van der Waals surface area contributed by atoms with E-state index in [-0.39, 0.29) is 0 Å². The van der Waals surface area contributed by atoms with Crippen LogP contribution in [0.3, 0.4) is 0 Å². The molecule has 7 heteroatoms. The molecule has 0 amide bonds. The predicted octanol–water partition coefficient (Wildman–Crippen LogP) is 1.97. The van der Waals surface area contributed by atoms with Crippen LogP contribution in [-0.4, -0.2) is 44.6 Å². The number of nitrogens with one attached hydrogen (secondary N) is 1. The highest BCUT2D eigenvalue weighted by atomic mass is 32.2. The average Bonchev–Trinajstić information content (AvgIpc) is 2.77. The zero-order valence-electron chi connectivity index (χ0n) is 13.1. The minimum absolute atomic E-state index is 0.410. The van der Waals surface area contributed by atoms with Gasteiger partial charge in [0, 0.05) is 22.8 Å². The van der Waals surface area contributed by atoms with Gasteiger partial charge in [0.05, 0.1) is 23.6 Å². The Hall–Kier alpha value is -0.470. The van der Waals surface area contributed by atoms with Crippen LogP contribution in [0.5, 0.6) is 0 Å². The van der Waals surface area contributed by atoms with Gasteiger partial charge >= 0.3 is 0 Å². The number of hydrogen-bond donors (Lipinski definition) is 1. The standard InChI is InChI=1S/C14H24N2O3S2/c1-5-15-9-12-8-13(11(2)20-12)21(17,18)16-6-7-19-10-14(16,3)4/h8,15H,5-7,9-10H2,1-4H3. The minimum atomic E-state index is -3.47. The van der Waals surface area contributed by atoms with Crippen LogP contribution in [0.1, 0.15) is 30.5 Å². The molecule has 0 radical (unpaired) electrons. The number of morpholine rings is 1. The van der Waals surface area contributed by atoms with E-state index in [0.29, 0.717) is 31.2 Å². The highest BCUT2D eigenvalue weighted by Gasteiger charge is 2.40. The summed E-state index contributed by atoms with van der Waals surface area (Å²) in [5.41, 5.74) is -0.507. The van der Waals surface area contributed by atoms with Crippen molar-refractivity contribution in [2.45, 2.75) is 44.7 Å². The maximum absolute atomic E-state index is 13.0. The van der Waals surface area contributed by atoms with Crippen LogP contribution in [0.4, 0.5) is 0 Å². The molecule has 21 heavy (non-hydrogen) atoms. The largest absolute Gasteiger partial charge is 0.378 e. The smallest absolute Gasteiger partial charge is 0.244 e. The number of rotatable bonds is 5. The van der Waals surface area contributed by atoms with E-state index in [1.54, 1.807) is 15.6 Å². The van der Waals surface area contributed by atoms with Gasteiger partial charge in [0.15, 0.2) is 0 Å². The van der Waals surface area contributed by atoms with Crippen LogP contribution in [-0.2, 0) is 21.3 Å². The first-order valence-electron chi connectivity index (χ1n) is 7.19. The first kappa shape index (κ1) is 16.9. The molecule has 1 aliphatic heterocycles. The quantitative estimate of drug-likeness (QED) is 0.895. The van der Waals surface area contributed by atoms with Crippen molar-refractivity contribution >= 4 is 21.4 Å². The molecule has 0 saturated carbocycles. The molecule has 120 valence electrons. The summed E-state index contributed by atoms with van der Waals surface area (Å²) in [7, 11) is -3.47. The Labute approximate surface area is 131 Å². The van der Waals surface area contributed by atoms with Gasteiger partial charge in [-0.1, -0.05) is 6.92 Å². The van der Waals surface area contributed by atoms with Gasteiger partial charge in [-0.25, -0.2) is 8.42 Å². The lowest BCUT2D eigenvalue weighted by atomic mass is 10.1. The highest BCUT2D eigenvalue weighted by molar-refractivity contribution is 7.89. The van der Waals surface area contributed by atoms with Crippen LogP contribution in [0.25, 0.3) is 0 Å². The Bertz CT molecular complexity index is 593. The summed E-state index contributed by atoms with van der Waals surface area (Å²) in [6.07, 6.45) is 0. The van der Waals surface area contributed by atoms with E-state index in [1.165, 1.54) is 0 Å². The Morgan fingerprint density at radius 2 is 2.19 bits per heavy atom. The number of aryl methyl sites for hydroxylation is 1. The second-order valence-corrected chi connectivity index (χ2v) is 9.03. The summed E-state index contributed by atoms with van der Waals surface area (Å²) in [5.74, 6) is 0. The molecular formula is C14H24N2O3S2. The van der Waals surface area contributed by atoms with Gasteiger partial charge in [-0.3, -0.25) is 0 Å². The molecule has 0 bridgehead atoms. The van der Waals surface area contributed by atoms with Gasteiger partial charge in [-0.2, -0.15) is 4.31 Å². The summed E-state index contributed by atoms with van der Waals surface area (Å²) >= 11 is 1.55. The summed E-state index contributed by atoms with van der Waals surface area (Å²) in [4.78, 5) is 2.35.